The molecule has 0 aromatic carbocycles. The number of aromatic nitrogens is 3. The lowest BCUT2D eigenvalue weighted by Gasteiger charge is -2.20. The first kappa shape index (κ1) is 12.5. The molecule has 6 heteroatoms. The van der Waals surface area contributed by atoms with Crippen LogP contribution in [0.5, 0.6) is 0 Å². The molecule has 1 N–H and O–H groups in total. The van der Waals surface area contributed by atoms with Crippen LogP contribution in [0.1, 0.15) is 31.5 Å². The number of hydrogen-bond acceptors (Lipinski definition) is 6. The number of nitrogens with one attached hydrogen (secondary N) is 1. The number of thiazole rings is 1. The Morgan fingerprint density at radius 1 is 1.42 bits per heavy atom. The number of nitrogens with zero attached hydrogens (tertiary/aromatic N) is 4. The highest BCUT2D eigenvalue weighted by atomic mass is 32.1. The number of likely N-dealkylation sites (tertiary alicyclic amines) is 1. The van der Waals surface area contributed by atoms with Crippen molar-refractivity contribution in [3.8, 4) is 0 Å². The largest absolute Gasteiger partial charge is 0.300 e. The quantitative estimate of drug-likeness (QED) is 0.930. The molecule has 1 unspecified atom stereocenters. The molecule has 100 valence electrons. The summed E-state index contributed by atoms with van der Waals surface area (Å²) in [7, 11) is 0. The fourth-order valence-electron chi connectivity index (χ4n) is 2.50. The molecule has 3 heterocycles. The van der Waals surface area contributed by atoms with Gasteiger partial charge in [-0.25, -0.2) is 15.0 Å². The van der Waals surface area contributed by atoms with E-state index in [9.17, 15) is 0 Å². The van der Waals surface area contributed by atoms with Gasteiger partial charge in [-0.05, 0) is 32.0 Å². The second kappa shape index (κ2) is 5.63. The summed E-state index contributed by atoms with van der Waals surface area (Å²) in [4.78, 5) is 15.4. The van der Waals surface area contributed by atoms with Gasteiger partial charge in [-0.3, -0.25) is 4.90 Å². The van der Waals surface area contributed by atoms with E-state index >= 15 is 0 Å². The highest BCUT2D eigenvalue weighted by Crippen LogP contribution is 2.33. The molecule has 19 heavy (non-hydrogen) atoms. The van der Waals surface area contributed by atoms with Crippen molar-refractivity contribution in [2.24, 2.45) is 0 Å². The highest BCUT2D eigenvalue weighted by Gasteiger charge is 2.26. The average molecular weight is 275 g/mol. The lowest BCUT2D eigenvalue weighted by Crippen LogP contribution is -2.22. The third-order valence-corrected chi connectivity index (χ3v) is 4.19. The molecule has 3 rings (SSSR count). The third kappa shape index (κ3) is 2.74. The van der Waals surface area contributed by atoms with E-state index in [0.717, 1.165) is 11.7 Å². The molecule has 0 bridgehead atoms. The molecular formula is C13H17N5S. The van der Waals surface area contributed by atoms with Gasteiger partial charge in [0.25, 0.3) is 0 Å². The maximum Gasteiger partial charge on any atom is 0.228 e. The molecule has 1 fully saturated rings. The van der Waals surface area contributed by atoms with Gasteiger partial charge >= 0.3 is 0 Å². The topological polar surface area (TPSA) is 53.9 Å². The van der Waals surface area contributed by atoms with Crippen LogP contribution in [0.15, 0.2) is 23.8 Å². The molecule has 0 amide bonds. The summed E-state index contributed by atoms with van der Waals surface area (Å²) >= 11 is 1.61. The van der Waals surface area contributed by atoms with Crippen LogP contribution >= 0.6 is 11.3 Å². The van der Waals surface area contributed by atoms with Crippen LogP contribution in [0.2, 0.25) is 0 Å². The lowest BCUT2D eigenvalue weighted by atomic mass is 10.2. The van der Waals surface area contributed by atoms with Crippen molar-refractivity contribution in [2.75, 3.05) is 18.4 Å². The van der Waals surface area contributed by atoms with Gasteiger partial charge in [0.2, 0.25) is 5.95 Å². The predicted molar refractivity (Wildman–Crippen MR) is 76.7 cm³/mol. The Morgan fingerprint density at radius 3 is 3.05 bits per heavy atom. The van der Waals surface area contributed by atoms with Gasteiger partial charge in [0.15, 0.2) is 5.13 Å². The smallest absolute Gasteiger partial charge is 0.228 e. The van der Waals surface area contributed by atoms with E-state index in [0.29, 0.717) is 12.0 Å². The van der Waals surface area contributed by atoms with E-state index in [4.69, 9.17) is 0 Å². The fourth-order valence-corrected chi connectivity index (χ4v) is 3.25. The van der Waals surface area contributed by atoms with Gasteiger partial charge in [-0.1, -0.05) is 6.92 Å². The van der Waals surface area contributed by atoms with Crippen LogP contribution in [-0.2, 0) is 0 Å². The Morgan fingerprint density at radius 2 is 2.26 bits per heavy atom. The van der Waals surface area contributed by atoms with E-state index < -0.39 is 0 Å². The molecule has 1 aliphatic heterocycles. The summed E-state index contributed by atoms with van der Waals surface area (Å²) in [5, 5.41) is 6.16. The van der Waals surface area contributed by atoms with Crippen LogP contribution in [0.4, 0.5) is 11.1 Å². The van der Waals surface area contributed by atoms with Gasteiger partial charge in [-0.15, -0.1) is 11.3 Å². The Labute approximate surface area is 116 Å². The van der Waals surface area contributed by atoms with E-state index in [1.165, 1.54) is 25.1 Å². The van der Waals surface area contributed by atoms with Crippen molar-refractivity contribution in [2.45, 2.75) is 25.8 Å². The summed E-state index contributed by atoms with van der Waals surface area (Å²) < 4.78 is 0. The third-order valence-electron chi connectivity index (χ3n) is 3.42. The SMILES string of the molecule is CCN1CCCC1c1csc(Nc2ncccn2)n1. The van der Waals surface area contributed by atoms with Crippen LogP contribution < -0.4 is 5.32 Å². The first-order chi connectivity index (χ1) is 9.36. The normalized spacial score (nSPS) is 19.7. The highest BCUT2D eigenvalue weighted by molar-refractivity contribution is 7.13. The summed E-state index contributed by atoms with van der Waals surface area (Å²) in [5.74, 6) is 0.599. The molecule has 1 atom stereocenters. The summed E-state index contributed by atoms with van der Waals surface area (Å²) in [6.07, 6.45) is 5.92. The summed E-state index contributed by atoms with van der Waals surface area (Å²) in [6.45, 7) is 4.48. The van der Waals surface area contributed by atoms with Crippen LogP contribution in [0.3, 0.4) is 0 Å². The Hall–Kier alpha value is -1.53. The van der Waals surface area contributed by atoms with Gasteiger partial charge < -0.3 is 5.32 Å². The molecule has 0 radical (unpaired) electrons. The molecule has 1 saturated heterocycles. The zero-order valence-electron chi connectivity index (χ0n) is 10.9. The minimum atomic E-state index is 0.480. The Bertz CT molecular complexity index is 527. The van der Waals surface area contributed by atoms with Crippen LogP contribution in [0.25, 0.3) is 0 Å². The molecule has 5 nitrogen and oxygen atoms in total. The van der Waals surface area contributed by atoms with E-state index in [1.807, 2.05) is 0 Å². The van der Waals surface area contributed by atoms with Crippen molar-refractivity contribution < 1.29 is 0 Å². The minimum absolute atomic E-state index is 0.480. The zero-order valence-corrected chi connectivity index (χ0v) is 11.7. The van der Waals surface area contributed by atoms with Crippen molar-refractivity contribution in [3.63, 3.8) is 0 Å². The molecule has 0 spiro atoms. The van der Waals surface area contributed by atoms with Crippen molar-refractivity contribution >= 4 is 22.4 Å². The minimum Gasteiger partial charge on any atom is -0.300 e. The second-order valence-corrected chi connectivity index (χ2v) is 5.42. The standard InChI is InChI=1S/C13H17N5S/c1-2-18-8-3-5-11(18)10-9-19-13(16-10)17-12-14-6-4-7-15-12/h4,6-7,9,11H,2-3,5,8H2,1H3,(H,14,15,16,17). The number of rotatable bonds is 4. The Balaban J connectivity index is 1.73. The first-order valence-corrected chi connectivity index (χ1v) is 7.48. The first-order valence-electron chi connectivity index (χ1n) is 6.60. The van der Waals surface area contributed by atoms with Crippen LogP contribution in [-0.4, -0.2) is 32.9 Å². The molecular weight excluding hydrogens is 258 g/mol. The predicted octanol–water partition coefficient (Wildman–Crippen LogP) is 2.83. The fraction of sp³-hybridized carbons (Fsp3) is 0.462. The summed E-state index contributed by atoms with van der Waals surface area (Å²) in [5.41, 5.74) is 1.17. The Kier molecular flexibility index (Phi) is 3.70. The molecule has 1 aliphatic rings. The van der Waals surface area contributed by atoms with Crippen LogP contribution in [0, 0.1) is 0 Å². The van der Waals surface area contributed by atoms with Gasteiger partial charge in [0.1, 0.15) is 0 Å². The van der Waals surface area contributed by atoms with Crippen molar-refractivity contribution in [3.05, 3.63) is 29.5 Å². The average Bonchev–Trinajstić information content (AvgIpc) is 3.07. The summed E-state index contributed by atoms with van der Waals surface area (Å²) in [6, 6.07) is 2.28. The lowest BCUT2D eigenvalue weighted by molar-refractivity contribution is 0.268. The number of hydrogen-bond donors (Lipinski definition) is 1. The second-order valence-electron chi connectivity index (χ2n) is 4.56. The maximum atomic E-state index is 4.67. The van der Waals surface area contributed by atoms with Crippen molar-refractivity contribution in [1.82, 2.24) is 19.9 Å². The van der Waals surface area contributed by atoms with Crippen molar-refractivity contribution in [1.29, 1.82) is 0 Å². The zero-order chi connectivity index (χ0) is 13.1. The maximum absolute atomic E-state index is 4.67. The molecule has 0 saturated carbocycles. The van der Waals surface area contributed by atoms with Gasteiger partial charge in [0.05, 0.1) is 11.7 Å². The van der Waals surface area contributed by atoms with Gasteiger partial charge in [-0.2, -0.15) is 0 Å². The van der Waals surface area contributed by atoms with E-state index in [-0.39, 0.29) is 0 Å². The van der Waals surface area contributed by atoms with Gasteiger partial charge in [0, 0.05) is 17.8 Å². The molecule has 2 aromatic rings. The molecule has 0 aliphatic carbocycles. The van der Waals surface area contributed by atoms with E-state index in [2.05, 4.69) is 37.5 Å². The molecule has 2 aromatic heterocycles. The monoisotopic (exact) mass is 275 g/mol. The number of anilines is 2. The van der Waals surface area contributed by atoms with E-state index in [1.54, 1.807) is 29.8 Å².